The van der Waals surface area contributed by atoms with Crippen molar-refractivity contribution < 1.29 is 42.1 Å². The molecule has 16 heteroatoms. The highest BCUT2D eigenvalue weighted by Gasteiger charge is 2.60. The molecule has 3 fully saturated rings. The number of allylic oxidation sites excluding steroid dienone is 1. The Balaban J connectivity index is 1.45. The molecule has 3 N–H and O–H groups in total. The Morgan fingerprint density at radius 1 is 1.21 bits per heavy atom. The van der Waals surface area contributed by atoms with Gasteiger partial charge in [-0.25, -0.2) is 18.2 Å². The summed E-state index contributed by atoms with van der Waals surface area (Å²) in [6.07, 6.45) is 9.49. The van der Waals surface area contributed by atoms with E-state index in [4.69, 9.17) is 32.2 Å². The summed E-state index contributed by atoms with van der Waals surface area (Å²) in [5.41, 5.74) is -1.54. The standard InChI is InChI=1S/C36H48ClN5O9S/c1-9-20-16-36(20,32(45)41-52(47,48)23-11-12-23)19-39-29(43)26-15-22(50-30-25-14-21(37)10-13-24(25)27(49-8)17-38-30)18-42(26)31(44)28(34(2,3)4)40-33(46)51-35(5,6)7/h1,14,17,19-20,22-23,26,28-29,43H,10-13,15-16,18H2,2-8H3,(H,40,46)(H,41,45)/b39-19+/t20-,22-,26+,28-,29?,36-/m1/s1. The number of methoxy groups -OCH3 is 1. The van der Waals surface area contributed by atoms with Gasteiger partial charge in [0, 0.05) is 34.7 Å². The highest BCUT2D eigenvalue weighted by Crippen LogP contribution is 2.51. The van der Waals surface area contributed by atoms with Crippen molar-refractivity contribution in [2.75, 3.05) is 13.7 Å². The fourth-order valence-corrected chi connectivity index (χ4v) is 8.03. The number of fused-ring (bicyclic) bond motifs is 1. The lowest BCUT2D eigenvalue weighted by Crippen LogP contribution is -2.57. The van der Waals surface area contributed by atoms with Gasteiger partial charge >= 0.3 is 6.09 Å². The molecular weight excluding hydrogens is 714 g/mol. The van der Waals surface area contributed by atoms with Gasteiger partial charge in [0.2, 0.25) is 27.7 Å². The number of terminal acetylenes is 1. The molecule has 2 heterocycles. The van der Waals surface area contributed by atoms with Gasteiger partial charge in [0.05, 0.1) is 36.6 Å². The van der Waals surface area contributed by atoms with Crippen LogP contribution in [0.1, 0.15) is 84.8 Å². The summed E-state index contributed by atoms with van der Waals surface area (Å²) >= 11 is 6.41. The van der Waals surface area contributed by atoms with Crippen molar-refractivity contribution in [1.82, 2.24) is 19.9 Å². The van der Waals surface area contributed by atoms with Gasteiger partial charge in [0.15, 0.2) is 6.23 Å². The minimum atomic E-state index is -3.86. The molecule has 6 atom stereocenters. The van der Waals surface area contributed by atoms with E-state index < -0.39 is 79.9 Å². The van der Waals surface area contributed by atoms with Crippen molar-refractivity contribution in [1.29, 1.82) is 0 Å². The molecule has 1 unspecified atom stereocenters. The number of nitrogens with one attached hydrogen (secondary N) is 2. The van der Waals surface area contributed by atoms with Gasteiger partial charge in [-0.3, -0.25) is 19.3 Å². The molecule has 14 nitrogen and oxygen atoms in total. The summed E-state index contributed by atoms with van der Waals surface area (Å²) in [6.45, 7) is 10.5. The number of alkyl carbamates (subject to hydrolysis) is 1. The zero-order valence-corrected chi connectivity index (χ0v) is 32.1. The molecule has 0 radical (unpaired) electrons. The van der Waals surface area contributed by atoms with Crippen molar-refractivity contribution in [2.24, 2.45) is 21.7 Å². The zero-order chi connectivity index (χ0) is 38.4. The maximum absolute atomic E-state index is 14.4. The zero-order valence-electron chi connectivity index (χ0n) is 30.6. The third kappa shape index (κ3) is 8.66. The normalized spacial score (nSPS) is 25.7. The van der Waals surface area contributed by atoms with Crippen LogP contribution in [-0.2, 0) is 30.8 Å². The molecule has 4 aliphatic rings. The summed E-state index contributed by atoms with van der Waals surface area (Å²) in [7, 11) is -2.31. The second kappa shape index (κ2) is 14.5. The number of hydrogen-bond acceptors (Lipinski definition) is 11. The van der Waals surface area contributed by atoms with Crippen LogP contribution >= 0.6 is 11.6 Å². The van der Waals surface area contributed by atoms with E-state index in [1.807, 2.05) is 0 Å². The van der Waals surface area contributed by atoms with Crippen molar-refractivity contribution >= 4 is 51.8 Å². The molecule has 52 heavy (non-hydrogen) atoms. The average Bonchev–Trinajstić information content (AvgIpc) is 3.97. The highest BCUT2D eigenvalue weighted by atomic mass is 35.5. The SMILES string of the molecule is C#C[C@@H]1C[C@]1(/C=N/C(O)[C@@H]1C[C@@H](Oc2ncc(OC)c3c2C=C(Cl)CC3)CN1C(=O)[C@@H](NC(=O)OC(C)(C)C)C(C)(C)C)C(=O)NS(=O)(=O)C1CC1. The van der Waals surface area contributed by atoms with Crippen LogP contribution in [-0.4, -0.2) is 96.5 Å². The first kappa shape index (κ1) is 39.3. The monoisotopic (exact) mass is 761 g/mol. The van der Waals surface area contributed by atoms with Crippen molar-refractivity contribution in [3.8, 4) is 24.0 Å². The maximum atomic E-state index is 14.4. The predicted molar refractivity (Wildman–Crippen MR) is 194 cm³/mol. The molecule has 5 rings (SSSR count). The molecule has 0 aromatic carbocycles. The number of halogens is 1. The van der Waals surface area contributed by atoms with E-state index in [9.17, 15) is 27.9 Å². The molecule has 1 aliphatic heterocycles. The van der Waals surface area contributed by atoms with Gasteiger partial charge in [-0.2, -0.15) is 0 Å². The number of amides is 3. The van der Waals surface area contributed by atoms with E-state index in [1.54, 1.807) is 60.9 Å². The molecule has 1 saturated heterocycles. The fraction of sp³-hybridized carbons (Fsp3) is 0.639. The summed E-state index contributed by atoms with van der Waals surface area (Å²) in [4.78, 5) is 50.8. The summed E-state index contributed by atoms with van der Waals surface area (Å²) in [6, 6.07) is -2.09. The Hall–Kier alpha value is -3.87. The van der Waals surface area contributed by atoms with E-state index in [1.165, 1.54) is 11.1 Å². The van der Waals surface area contributed by atoms with E-state index in [0.717, 1.165) is 5.56 Å². The number of nitrogens with zero attached hydrogens (tertiary/aromatic N) is 3. The van der Waals surface area contributed by atoms with Crippen LogP contribution in [0, 0.1) is 29.1 Å². The lowest BCUT2D eigenvalue weighted by Gasteiger charge is -2.36. The third-order valence-electron chi connectivity index (χ3n) is 9.55. The number of aliphatic imine (C=N–C) groups is 1. The van der Waals surface area contributed by atoms with E-state index >= 15 is 0 Å². The lowest BCUT2D eigenvalue weighted by molar-refractivity contribution is -0.139. The number of aliphatic hydroxyl groups excluding tert-OH is 1. The molecule has 2 saturated carbocycles. The number of aliphatic hydroxyl groups is 1. The second-order valence-corrected chi connectivity index (χ2v) is 18.4. The molecule has 1 aromatic rings. The predicted octanol–water partition coefficient (Wildman–Crippen LogP) is 3.54. The van der Waals surface area contributed by atoms with Crippen LogP contribution < -0.4 is 19.5 Å². The number of rotatable bonds is 11. The Labute approximate surface area is 310 Å². The maximum Gasteiger partial charge on any atom is 0.408 e. The van der Waals surface area contributed by atoms with Gasteiger partial charge in [0.1, 0.15) is 23.5 Å². The number of ether oxygens (including phenoxy) is 3. The molecule has 1 aromatic heterocycles. The molecule has 0 spiro atoms. The Morgan fingerprint density at radius 3 is 2.48 bits per heavy atom. The number of carbonyl (C=O) groups is 3. The summed E-state index contributed by atoms with van der Waals surface area (Å²) in [5, 5.41) is 14.3. The van der Waals surface area contributed by atoms with Crippen LogP contribution in [0.3, 0.4) is 0 Å². The smallest absolute Gasteiger partial charge is 0.408 e. The topological polar surface area (TPSA) is 186 Å². The van der Waals surface area contributed by atoms with Crippen LogP contribution in [0.4, 0.5) is 4.79 Å². The van der Waals surface area contributed by atoms with Crippen LogP contribution in [0.15, 0.2) is 16.2 Å². The van der Waals surface area contributed by atoms with Crippen molar-refractivity contribution in [3.05, 3.63) is 22.4 Å². The van der Waals surface area contributed by atoms with Crippen LogP contribution in [0.25, 0.3) is 6.08 Å². The summed E-state index contributed by atoms with van der Waals surface area (Å²) in [5.74, 6) is 1.39. The Kier molecular flexibility index (Phi) is 11.0. The van der Waals surface area contributed by atoms with Gasteiger partial charge in [0.25, 0.3) is 0 Å². The first-order chi connectivity index (χ1) is 24.2. The van der Waals surface area contributed by atoms with Crippen LogP contribution in [0.2, 0.25) is 0 Å². The lowest BCUT2D eigenvalue weighted by atomic mass is 9.85. The first-order valence-electron chi connectivity index (χ1n) is 17.3. The molecule has 3 aliphatic carbocycles. The van der Waals surface area contributed by atoms with Crippen molar-refractivity contribution in [2.45, 2.75) is 115 Å². The van der Waals surface area contributed by atoms with Crippen molar-refractivity contribution in [3.63, 3.8) is 0 Å². The number of pyridine rings is 1. The van der Waals surface area contributed by atoms with Gasteiger partial charge < -0.3 is 29.5 Å². The van der Waals surface area contributed by atoms with Crippen LogP contribution in [0.5, 0.6) is 11.6 Å². The number of hydrogen-bond donors (Lipinski definition) is 3. The molecule has 3 amide bonds. The number of likely N-dealkylation sites (tertiary alicyclic amines) is 1. The minimum Gasteiger partial charge on any atom is -0.495 e. The van der Waals surface area contributed by atoms with Gasteiger partial charge in [-0.1, -0.05) is 32.4 Å². The third-order valence-corrected chi connectivity index (χ3v) is 11.7. The van der Waals surface area contributed by atoms with E-state index in [0.29, 0.717) is 42.0 Å². The van der Waals surface area contributed by atoms with Gasteiger partial charge in [-0.05, 0) is 64.4 Å². The Bertz CT molecular complexity index is 1810. The highest BCUT2D eigenvalue weighted by molar-refractivity contribution is 7.91. The Morgan fingerprint density at radius 2 is 1.90 bits per heavy atom. The molecular formula is C36H48ClN5O9S. The summed E-state index contributed by atoms with van der Waals surface area (Å²) < 4.78 is 44.7. The van der Waals surface area contributed by atoms with E-state index in [2.05, 4.69) is 25.9 Å². The number of carbonyl (C=O) groups excluding carboxylic acids is 3. The second-order valence-electron chi connectivity index (χ2n) is 15.9. The molecule has 0 bridgehead atoms. The van der Waals surface area contributed by atoms with Gasteiger partial charge in [-0.15, -0.1) is 12.3 Å². The van der Waals surface area contributed by atoms with E-state index in [-0.39, 0.29) is 25.3 Å². The number of aromatic nitrogens is 1. The largest absolute Gasteiger partial charge is 0.495 e. The number of sulfonamides is 1. The molecule has 284 valence electrons. The minimum absolute atomic E-state index is 0.0170. The quantitative estimate of drug-likeness (QED) is 0.223. The first-order valence-corrected chi connectivity index (χ1v) is 19.2. The average molecular weight is 762 g/mol. The fourth-order valence-electron chi connectivity index (χ4n) is 6.45.